The molecule has 2 aliphatic rings. The summed E-state index contributed by atoms with van der Waals surface area (Å²) in [6, 6.07) is 12.4. The van der Waals surface area contributed by atoms with E-state index in [1.165, 1.54) is 0 Å². The van der Waals surface area contributed by atoms with Crippen LogP contribution in [0.2, 0.25) is 0 Å². The number of benzene rings is 1. The summed E-state index contributed by atoms with van der Waals surface area (Å²) < 4.78 is 1.94. The van der Waals surface area contributed by atoms with E-state index in [2.05, 4.69) is 32.4 Å². The van der Waals surface area contributed by atoms with Gasteiger partial charge in [0.05, 0.1) is 12.1 Å². The van der Waals surface area contributed by atoms with Gasteiger partial charge in [-0.15, -0.1) is 0 Å². The van der Waals surface area contributed by atoms with Crippen molar-refractivity contribution in [2.75, 3.05) is 17.6 Å². The molecule has 184 valence electrons. The molecule has 2 fully saturated rings. The van der Waals surface area contributed by atoms with Crippen LogP contribution in [0.1, 0.15) is 35.6 Å². The van der Waals surface area contributed by atoms with E-state index in [1.54, 1.807) is 43.6 Å². The number of amides is 2. The van der Waals surface area contributed by atoms with E-state index in [0.29, 0.717) is 35.0 Å². The number of pyridine rings is 1. The minimum Gasteiger partial charge on any atom is -0.382 e. The smallest absolute Gasteiger partial charge is 0.298 e. The van der Waals surface area contributed by atoms with Crippen LogP contribution in [0.5, 0.6) is 0 Å². The summed E-state index contributed by atoms with van der Waals surface area (Å²) in [5.41, 5.74) is 8.94. The molecule has 3 atom stereocenters. The van der Waals surface area contributed by atoms with Gasteiger partial charge in [0.1, 0.15) is 28.7 Å². The Kier molecular flexibility index (Phi) is 5.54. The summed E-state index contributed by atoms with van der Waals surface area (Å²) >= 11 is 0. The van der Waals surface area contributed by atoms with E-state index < -0.39 is 0 Å². The lowest BCUT2D eigenvalue weighted by atomic mass is 10.1. The minimum atomic E-state index is -0.257. The van der Waals surface area contributed by atoms with Gasteiger partial charge in [-0.2, -0.15) is 0 Å². The number of carbonyl (C=O) groups excluding carboxylic acids is 2. The highest BCUT2D eigenvalue weighted by molar-refractivity contribution is 6.04. The van der Waals surface area contributed by atoms with E-state index in [9.17, 15) is 9.59 Å². The number of carbonyl (C=O) groups is 2. The van der Waals surface area contributed by atoms with Crippen molar-refractivity contribution < 1.29 is 9.59 Å². The molecule has 6 rings (SSSR count). The Labute approximate surface area is 212 Å². The number of imidazole rings is 1. The SMILES string of the molecule is CC#CC(=O)N1CC2C[C@H]1C(c1nc(-c3ccc(C(=O)Nc4ccccn4)cc3)c3c(N)nccn13)N2. The molecule has 1 aromatic carbocycles. The Morgan fingerprint density at radius 2 is 1.97 bits per heavy atom. The molecule has 2 aliphatic heterocycles. The summed E-state index contributed by atoms with van der Waals surface area (Å²) in [6.07, 6.45) is 5.93. The predicted octanol–water partition coefficient (Wildman–Crippen LogP) is 2.26. The Bertz CT molecular complexity index is 1570. The largest absolute Gasteiger partial charge is 0.382 e. The van der Waals surface area contributed by atoms with Crippen molar-refractivity contribution in [3.8, 4) is 23.1 Å². The van der Waals surface area contributed by atoms with Gasteiger partial charge >= 0.3 is 0 Å². The van der Waals surface area contributed by atoms with Crippen LogP contribution in [0, 0.1) is 11.8 Å². The highest BCUT2D eigenvalue weighted by atomic mass is 16.2. The second-order valence-corrected chi connectivity index (χ2v) is 9.07. The molecule has 4 aromatic rings. The molecule has 0 radical (unpaired) electrons. The standard InChI is InChI=1S/C27H24N8O2/c1-2-5-21(36)35-15-18-14-19(35)23(31-18)26-33-22(24-25(28)30-12-13-34(24)26)16-7-9-17(10-8-16)27(37)32-20-6-3-4-11-29-20/h3-4,6-13,18-19,23,31H,14-15H2,1H3,(H2,28,30)(H,29,32,37)/t18?,19-,23?/m0/s1. The fourth-order valence-electron chi connectivity index (χ4n) is 5.24. The van der Waals surface area contributed by atoms with Crippen LogP contribution < -0.4 is 16.4 Å². The van der Waals surface area contributed by atoms with Crippen molar-refractivity contribution >= 4 is 29.0 Å². The number of fused-ring (bicyclic) bond motifs is 3. The van der Waals surface area contributed by atoms with Crippen LogP contribution in [-0.2, 0) is 4.79 Å². The number of aromatic nitrogens is 4. The maximum atomic E-state index is 12.7. The fraction of sp³-hybridized carbons (Fsp3) is 0.222. The number of piperazine rings is 1. The first kappa shape index (κ1) is 22.7. The van der Waals surface area contributed by atoms with Gasteiger partial charge < -0.3 is 21.3 Å². The van der Waals surface area contributed by atoms with Crippen LogP contribution in [0.25, 0.3) is 16.8 Å². The van der Waals surface area contributed by atoms with Gasteiger partial charge in [-0.05, 0) is 43.5 Å². The van der Waals surface area contributed by atoms with Gasteiger partial charge in [0, 0.05) is 42.3 Å². The number of anilines is 2. The molecule has 3 aromatic heterocycles. The number of hydrogen-bond donors (Lipinski definition) is 3. The zero-order chi connectivity index (χ0) is 25.5. The molecule has 2 saturated heterocycles. The number of nitrogen functional groups attached to an aromatic ring is 1. The third-order valence-electron chi connectivity index (χ3n) is 6.85. The zero-order valence-corrected chi connectivity index (χ0v) is 20.0. The summed E-state index contributed by atoms with van der Waals surface area (Å²) in [5.74, 6) is 6.54. The Hall–Kier alpha value is -4.75. The molecule has 0 saturated carbocycles. The maximum absolute atomic E-state index is 12.7. The lowest BCUT2D eigenvalue weighted by molar-refractivity contribution is -0.127. The van der Waals surface area contributed by atoms with E-state index in [4.69, 9.17) is 10.7 Å². The monoisotopic (exact) mass is 492 g/mol. The number of nitrogens with two attached hydrogens (primary N) is 1. The van der Waals surface area contributed by atoms with Gasteiger partial charge in [0.15, 0.2) is 0 Å². The highest BCUT2D eigenvalue weighted by Gasteiger charge is 2.48. The molecule has 2 bridgehead atoms. The topological polar surface area (TPSA) is 131 Å². The third kappa shape index (κ3) is 3.95. The van der Waals surface area contributed by atoms with Crippen molar-refractivity contribution in [3.63, 3.8) is 0 Å². The second-order valence-electron chi connectivity index (χ2n) is 9.07. The van der Waals surface area contributed by atoms with Gasteiger partial charge in [0.2, 0.25) is 0 Å². The normalized spacial score (nSPS) is 20.0. The fourth-order valence-corrected chi connectivity index (χ4v) is 5.24. The van der Waals surface area contributed by atoms with Gasteiger partial charge in [-0.3, -0.25) is 14.0 Å². The molecular weight excluding hydrogens is 468 g/mol. The molecule has 2 amide bonds. The molecule has 37 heavy (non-hydrogen) atoms. The van der Waals surface area contributed by atoms with Crippen molar-refractivity contribution in [1.82, 2.24) is 29.6 Å². The van der Waals surface area contributed by atoms with Crippen molar-refractivity contribution in [2.45, 2.75) is 31.5 Å². The number of nitrogens with zero attached hydrogens (tertiary/aromatic N) is 5. The zero-order valence-electron chi connectivity index (χ0n) is 20.0. The lowest BCUT2D eigenvalue weighted by Gasteiger charge is -2.32. The first-order valence-corrected chi connectivity index (χ1v) is 12.0. The van der Waals surface area contributed by atoms with Crippen LogP contribution >= 0.6 is 0 Å². The van der Waals surface area contributed by atoms with E-state index in [-0.39, 0.29) is 29.9 Å². The summed E-state index contributed by atoms with van der Waals surface area (Å²) in [7, 11) is 0. The number of rotatable bonds is 4. The number of nitrogens with one attached hydrogen (secondary N) is 2. The second kappa shape index (κ2) is 9.04. The van der Waals surface area contributed by atoms with Crippen LogP contribution in [0.4, 0.5) is 11.6 Å². The van der Waals surface area contributed by atoms with Crippen LogP contribution in [0.3, 0.4) is 0 Å². The molecule has 10 heteroatoms. The minimum absolute atomic E-state index is 0.0520. The van der Waals surface area contributed by atoms with Gasteiger partial charge in [-0.1, -0.05) is 24.1 Å². The van der Waals surface area contributed by atoms with E-state index in [0.717, 1.165) is 17.8 Å². The molecular formula is C27H24N8O2. The van der Waals surface area contributed by atoms with Crippen LogP contribution in [0.15, 0.2) is 61.1 Å². The Balaban J connectivity index is 1.34. The van der Waals surface area contributed by atoms with Gasteiger partial charge in [-0.25, -0.2) is 15.0 Å². The molecule has 2 unspecified atom stereocenters. The average molecular weight is 493 g/mol. The first-order chi connectivity index (χ1) is 18.0. The molecule has 0 spiro atoms. The molecule has 4 N–H and O–H groups in total. The quantitative estimate of drug-likeness (QED) is 0.373. The summed E-state index contributed by atoms with van der Waals surface area (Å²) in [4.78, 5) is 40.5. The number of hydrogen-bond acceptors (Lipinski definition) is 7. The summed E-state index contributed by atoms with van der Waals surface area (Å²) in [5, 5.41) is 6.40. The maximum Gasteiger partial charge on any atom is 0.298 e. The summed E-state index contributed by atoms with van der Waals surface area (Å²) in [6.45, 7) is 2.30. The highest BCUT2D eigenvalue weighted by Crippen LogP contribution is 2.39. The van der Waals surface area contributed by atoms with Crippen molar-refractivity contribution in [2.24, 2.45) is 0 Å². The first-order valence-electron chi connectivity index (χ1n) is 12.0. The van der Waals surface area contributed by atoms with E-state index in [1.807, 2.05) is 33.7 Å². The number of likely N-dealkylation sites (tertiary alicyclic amines) is 1. The van der Waals surface area contributed by atoms with Gasteiger partial charge in [0.25, 0.3) is 11.8 Å². The average Bonchev–Trinajstić information content (AvgIpc) is 3.63. The predicted molar refractivity (Wildman–Crippen MR) is 138 cm³/mol. The Morgan fingerprint density at radius 3 is 2.70 bits per heavy atom. The van der Waals surface area contributed by atoms with Crippen molar-refractivity contribution in [3.05, 3.63) is 72.4 Å². The van der Waals surface area contributed by atoms with Crippen molar-refractivity contribution in [1.29, 1.82) is 0 Å². The molecule has 0 aliphatic carbocycles. The van der Waals surface area contributed by atoms with Crippen LogP contribution in [-0.4, -0.2) is 54.7 Å². The lowest BCUT2D eigenvalue weighted by Crippen LogP contribution is -2.48. The molecule has 10 nitrogen and oxygen atoms in total. The Morgan fingerprint density at radius 1 is 1.14 bits per heavy atom. The van der Waals surface area contributed by atoms with E-state index >= 15 is 0 Å². The molecule has 5 heterocycles. The third-order valence-corrected chi connectivity index (χ3v) is 6.85.